The minimum Gasteiger partial charge on any atom is -0.461 e. The Morgan fingerprint density at radius 3 is 2.56 bits per heavy atom. The van der Waals surface area contributed by atoms with E-state index < -0.39 is 32.1 Å². The number of carbonyl (C=O) groups is 2. The molecule has 2 saturated carbocycles. The van der Waals surface area contributed by atoms with Crippen LogP contribution in [0.2, 0.25) is 0 Å². The fourth-order valence-electron chi connectivity index (χ4n) is 4.94. The van der Waals surface area contributed by atoms with Crippen LogP contribution in [-0.2, 0) is 28.6 Å². The number of aliphatic hydroxyl groups is 1. The minimum absolute atomic E-state index is 0.0564. The maximum atomic E-state index is 12.4. The average molecular weight is 562 g/mol. The first-order chi connectivity index (χ1) is 15.8. The molecular formula is C23H35Cl3O7S. The highest BCUT2D eigenvalue weighted by Gasteiger charge is 2.64. The van der Waals surface area contributed by atoms with Crippen molar-refractivity contribution in [3.8, 4) is 0 Å². The highest BCUT2D eigenvalue weighted by atomic mass is 35.6. The first-order valence-electron chi connectivity index (χ1n) is 11.8. The molecule has 2 fully saturated rings. The molecule has 6 atom stereocenters. The fraction of sp³-hybridized carbons (Fsp3) is 0.826. The summed E-state index contributed by atoms with van der Waals surface area (Å²) in [5.74, 6) is -0.397. The lowest BCUT2D eigenvalue weighted by Gasteiger charge is -2.24. The minimum atomic E-state index is -3.69. The number of allylic oxidation sites excluding steroid dienone is 2. The van der Waals surface area contributed by atoms with Gasteiger partial charge < -0.3 is 9.84 Å². The number of alkyl halides is 3. The molecule has 2 rings (SSSR count). The third-order valence-electron chi connectivity index (χ3n) is 6.48. The molecule has 7 nitrogen and oxygen atoms in total. The molecule has 1 N–H and O–H groups in total. The Hall–Kier alpha value is -0.380. The molecule has 0 amide bonds. The zero-order valence-corrected chi connectivity index (χ0v) is 22.7. The second kappa shape index (κ2) is 13.2. The van der Waals surface area contributed by atoms with Gasteiger partial charge in [0.2, 0.25) is 3.79 Å². The quantitative estimate of drug-likeness (QED) is 0.101. The largest absolute Gasteiger partial charge is 0.461 e. The average Bonchev–Trinajstić information content (AvgIpc) is 3.32. The number of rotatable bonds is 15. The van der Waals surface area contributed by atoms with Crippen molar-refractivity contribution in [2.75, 3.05) is 12.9 Å². The van der Waals surface area contributed by atoms with E-state index in [1.807, 2.05) is 12.2 Å². The number of carbonyl (C=O) groups excluding carboxylic acids is 2. The number of hydrogen-bond acceptors (Lipinski definition) is 7. The van der Waals surface area contributed by atoms with E-state index >= 15 is 0 Å². The molecule has 11 heteroatoms. The van der Waals surface area contributed by atoms with Crippen molar-refractivity contribution in [1.29, 1.82) is 0 Å². The smallest absolute Gasteiger partial charge is 0.305 e. The molecule has 196 valence electrons. The first-order valence-corrected chi connectivity index (χ1v) is 14.8. The van der Waals surface area contributed by atoms with E-state index in [-0.39, 0.29) is 42.5 Å². The van der Waals surface area contributed by atoms with Crippen molar-refractivity contribution in [1.82, 2.24) is 0 Å². The Bertz CT molecular complexity index is 825. The zero-order chi connectivity index (χ0) is 25.5. The molecule has 0 bridgehead atoms. The predicted molar refractivity (Wildman–Crippen MR) is 132 cm³/mol. The van der Waals surface area contributed by atoms with E-state index in [2.05, 4.69) is 6.92 Å². The SMILES string of the molecule is CCCCCC(OS(C)(=O)=O)C(O)C1C2CC(=O)C(CC=CCCCC(=O)OCC(Cl)(Cl)Cl)C21. The maximum absolute atomic E-state index is 12.4. The van der Waals surface area contributed by atoms with Crippen LogP contribution in [0.15, 0.2) is 12.2 Å². The van der Waals surface area contributed by atoms with E-state index in [0.717, 1.165) is 25.5 Å². The summed E-state index contributed by atoms with van der Waals surface area (Å²) in [6.45, 7) is 1.76. The maximum Gasteiger partial charge on any atom is 0.305 e. The molecule has 2 aliphatic rings. The molecule has 0 spiro atoms. The Labute approximate surface area is 217 Å². The van der Waals surface area contributed by atoms with E-state index in [0.29, 0.717) is 32.1 Å². The van der Waals surface area contributed by atoms with Gasteiger partial charge in [0.15, 0.2) is 0 Å². The third-order valence-corrected chi connectivity index (χ3v) is 7.40. The van der Waals surface area contributed by atoms with Gasteiger partial charge in [-0.1, -0.05) is 73.1 Å². The van der Waals surface area contributed by atoms with Gasteiger partial charge in [-0.05, 0) is 43.4 Å². The Balaban J connectivity index is 1.80. The second-order valence-electron chi connectivity index (χ2n) is 9.30. The van der Waals surface area contributed by atoms with E-state index in [4.69, 9.17) is 43.7 Å². The Kier molecular flexibility index (Phi) is 11.6. The standard InChI is InChI=1S/C23H35Cl3O7S/c1-3-4-7-11-18(33-34(2,30)31)22(29)21-16-13-17(27)15(20(16)21)10-8-5-6-9-12-19(28)32-14-23(24,25)26/h5,8,15-16,18,20-22,29H,3-4,6-7,9-14H2,1-2H3. The van der Waals surface area contributed by atoms with E-state index in [9.17, 15) is 23.1 Å². The second-order valence-corrected chi connectivity index (χ2v) is 13.4. The van der Waals surface area contributed by atoms with Crippen LogP contribution in [0.5, 0.6) is 0 Å². The van der Waals surface area contributed by atoms with Crippen LogP contribution in [0.3, 0.4) is 0 Å². The van der Waals surface area contributed by atoms with E-state index in [1.54, 1.807) is 0 Å². The number of fused-ring (bicyclic) bond motifs is 1. The summed E-state index contributed by atoms with van der Waals surface area (Å²) in [7, 11) is -3.69. The van der Waals surface area contributed by atoms with Crippen LogP contribution in [0, 0.1) is 23.7 Å². The summed E-state index contributed by atoms with van der Waals surface area (Å²) in [5, 5.41) is 10.9. The van der Waals surface area contributed by atoms with Gasteiger partial charge >= 0.3 is 5.97 Å². The molecule has 0 aromatic heterocycles. The number of hydrogen-bond donors (Lipinski definition) is 1. The normalized spacial score (nSPS) is 26.5. The van der Waals surface area contributed by atoms with Crippen LogP contribution in [0.25, 0.3) is 0 Å². The first kappa shape index (κ1) is 29.8. The van der Waals surface area contributed by atoms with Gasteiger partial charge in [-0.2, -0.15) is 8.42 Å². The van der Waals surface area contributed by atoms with Crippen molar-refractivity contribution in [3.05, 3.63) is 12.2 Å². The van der Waals surface area contributed by atoms with Crippen molar-refractivity contribution in [3.63, 3.8) is 0 Å². The van der Waals surface area contributed by atoms with Crippen LogP contribution < -0.4 is 0 Å². The lowest BCUT2D eigenvalue weighted by atomic mass is 9.90. The third kappa shape index (κ3) is 9.94. The van der Waals surface area contributed by atoms with Crippen LogP contribution >= 0.6 is 34.8 Å². The molecule has 0 radical (unpaired) electrons. The summed E-state index contributed by atoms with van der Waals surface area (Å²) in [6, 6.07) is 0. The number of ether oxygens (including phenoxy) is 1. The molecule has 0 heterocycles. The number of ketones is 1. The van der Waals surface area contributed by atoms with Gasteiger partial charge in [-0.15, -0.1) is 0 Å². The molecule has 0 aliphatic heterocycles. The molecule has 0 saturated heterocycles. The summed E-state index contributed by atoms with van der Waals surface area (Å²) in [6.07, 6.45) is 8.75. The molecular weight excluding hydrogens is 527 g/mol. The Morgan fingerprint density at radius 2 is 1.94 bits per heavy atom. The van der Waals surface area contributed by atoms with Crippen LogP contribution in [0.1, 0.15) is 64.7 Å². The molecule has 2 aliphatic carbocycles. The highest BCUT2D eigenvalue weighted by molar-refractivity contribution is 7.86. The van der Waals surface area contributed by atoms with Crippen molar-refractivity contribution in [2.45, 2.75) is 80.7 Å². The van der Waals surface area contributed by atoms with Crippen molar-refractivity contribution in [2.24, 2.45) is 23.7 Å². The number of esters is 1. The lowest BCUT2D eigenvalue weighted by molar-refractivity contribution is -0.143. The number of halogens is 3. The van der Waals surface area contributed by atoms with Crippen molar-refractivity contribution >= 4 is 56.7 Å². The molecule has 0 aromatic carbocycles. The van der Waals surface area contributed by atoms with Gasteiger partial charge in [-0.25, -0.2) is 0 Å². The summed E-state index contributed by atoms with van der Waals surface area (Å²) in [5.41, 5.74) is 0. The van der Waals surface area contributed by atoms with Gasteiger partial charge in [0.05, 0.1) is 12.4 Å². The lowest BCUT2D eigenvalue weighted by Crippen LogP contribution is -2.35. The summed E-state index contributed by atoms with van der Waals surface area (Å²) < 4.78 is 31.8. The Morgan fingerprint density at radius 1 is 1.24 bits per heavy atom. The van der Waals surface area contributed by atoms with Crippen molar-refractivity contribution < 1.29 is 32.0 Å². The fourth-order valence-corrected chi connectivity index (χ4v) is 5.76. The van der Waals surface area contributed by atoms with Gasteiger partial charge in [0, 0.05) is 18.8 Å². The van der Waals surface area contributed by atoms with Gasteiger partial charge in [-0.3, -0.25) is 13.8 Å². The highest BCUT2D eigenvalue weighted by Crippen LogP contribution is 2.62. The van der Waals surface area contributed by atoms with Crippen LogP contribution in [-0.4, -0.2) is 54.1 Å². The topological polar surface area (TPSA) is 107 Å². The monoisotopic (exact) mass is 560 g/mol. The molecule has 6 unspecified atom stereocenters. The summed E-state index contributed by atoms with van der Waals surface area (Å²) >= 11 is 16.6. The predicted octanol–water partition coefficient (Wildman–Crippen LogP) is 4.75. The zero-order valence-electron chi connectivity index (χ0n) is 19.6. The number of unbranched alkanes of at least 4 members (excludes halogenated alkanes) is 3. The molecule has 0 aromatic rings. The van der Waals surface area contributed by atoms with Gasteiger partial charge in [0.1, 0.15) is 18.5 Å². The van der Waals surface area contributed by atoms with Crippen LogP contribution in [0.4, 0.5) is 0 Å². The number of aliphatic hydroxyl groups excluding tert-OH is 1. The van der Waals surface area contributed by atoms with Gasteiger partial charge in [0.25, 0.3) is 10.1 Å². The van der Waals surface area contributed by atoms with E-state index in [1.165, 1.54) is 0 Å². The summed E-state index contributed by atoms with van der Waals surface area (Å²) in [4.78, 5) is 24.0. The molecule has 34 heavy (non-hydrogen) atoms. The number of Topliss-reactive ketones (excluding diaryl/α,β-unsaturated/α-hetero) is 1.